The third-order valence-corrected chi connectivity index (χ3v) is 21.3. The van der Waals surface area contributed by atoms with E-state index in [4.69, 9.17) is 37.0 Å². The SMILES string of the molecule is CCCCCCCCCCCCCCCCCCCCC(=O)O[C@H](COC(=O)CCCCCCCCCCCCCCCCCCC)COP(=O)(O)OC[C@@H](O)COP(=O)(O)OC[C@@H](COC(=O)CCCCCCCCCCC)OC(=O)CCCCCCCCCCCCCCCCCCC. The Bertz CT molecular complexity index is 1910. The van der Waals surface area contributed by atoms with Crippen LogP contribution in [0.15, 0.2) is 0 Å². The van der Waals surface area contributed by atoms with Crippen LogP contribution in [0.4, 0.5) is 0 Å². The lowest BCUT2D eigenvalue weighted by Gasteiger charge is -2.21. The van der Waals surface area contributed by atoms with Gasteiger partial charge in [0.1, 0.15) is 19.3 Å². The van der Waals surface area contributed by atoms with Crippen molar-refractivity contribution in [1.82, 2.24) is 0 Å². The van der Waals surface area contributed by atoms with Gasteiger partial charge in [-0.1, -0.05) is 394 Å². The van der Waals surface area contributed by atoms with E-state index in [2.05, 4.69) is 27.7 Å². The van der Waals surface area contributed by atoms with Crippen LogP contribution < -0.4 is 0 Å². The zero-order valence-electron chi connectivity index (χ0n) is 65.9. The van der Waals surface area contributed by atoms with Crippen molar-refractivity contribution in [1.29, 1.82) is 0 Å². The second-order valence-electron chi connectivity index (χ2n) is 29.5. The average molecular weight is 1480 g/mol. The number of aliphatic hydroxyl groups excluding tert-OH is 1. The number of rotatable bonds is 83. The number of esters is 4. The number of unbranched alkanes of at least 4 members (excludes halogenated alkanes) is 57. The molecule has 101 heavy (non-hydrogen) atoms. The standard InChI is InChI=1S/C82H160O17P2/c1-5-9-13-17-21-25-28-31-34-37-40-43-46-49-53-57-61-65-69-82(87)99-78(73-93-80(85)67-63-59-55-51-47-44-41-38-35-32-29-26-22-18-14-10-6-2)75-97-101(90,91)95-71-76(83)70-94-100(88,89)96-74-77(72-92-79(84)66-62-58-54-50-24-20-16-12-8-4)98-81(86)68-64-60-56-52-48-45-42-39-36-33-30-27-23-19-15-11-7-3/h76-78,83H,5-75H2,1-4H3,(H,88,89)(H,90,91)/t76-,77+,78+/m0/s1. The molecule has 19 heteroatoms. The fourth-order valence-corrected chi connectivity index (χ4v) is 14.4. The highest BCUT2D eigenvalue weighted by molar-refractivity contribution is 7.47. The minimum Gasteiger partial charge on any atom is -0.462 e. The molecule has 0 bridgehead atoms. The maximum Gasteiger partial charge on any atom is 0.472 e. The highest BCUT2D eigenvalue weighted by atomic mass is 31.2. The summed E-state index contributed by atoms with van der Waals surface area (Å²) in [5.74, 6) is -2.10. The van der Waals surface area contributed by atoms with E-state index in [1.54, 1.807) is 0 Å². The van der Waals surface area contributed by atoms with Gasteiger partial charge in [0, 0.05) is 25.7 Å². The minimum atomic E-state index is -4.96. The van der Waals surface area contributed by atoms with Gasteiger partial charge in [-0.15, -0.1) is 0 Å². The van der Waals surface area contributed by atoms with Crippen molar-refractivity contribution in [2.75, 3.05) is 39.6 Å². The first-order valence-corrected chi connectivity index (χ1v) is 45.8. The Hall–Kier alpha value is -1.94. The predicted molar refractivity (Wildman–Crippen MR) is 414 cm³/mol. The number of phosphoric ester groups is 2. The van der Waals surface area contributed by atoms with Gasteiger partial charge in [-0.05, 0) is 25.7 Å². The zero-order chi connectivity index (χ0) is 73.9. The highest BCUT2D eigenvalue weighted by Gasteiger charge is 2.30. The number of carbonyl (C=O) groups excluding carboxylic acids is 4. The summed E-state index contributed by atoms with van der Waals surface area (Å²) >= 11 is 0. The quantitative estimate of drug-likeness (QED) is 0.0222. The molecule has 0 aliphatic rings. The third kappa shape index (κ3) is 76.1. The van der Waals surface area contributed by atoms with Crippen LogP contribution in [0.1, 0.15) is 445 Å². The van der Waals surface area contributed by atoms with Crippen molar-refractivity contribution in [2.45, 2.75) is 463 Å². The molecule has 0 aromatic carbocycles. The van der Waals surface area contributed by atoms with Crippen molar-refractivity contribution in [3.8, 4) is 0 Å². The minimum absolute atomic E-state index is 0.109. The van der Waals surface area contributed by atoms with E-state index in [1.165, 1.54) is 276 Å². The predicted octanol–water partition coefficient (Wildman–Crippen LogP) is 25.0. The van der Waals surface area contributed by atoms with Gasteiger partial charge in [-0.3, -0.25) is 37.3 Å². The van der Waals surface area contributed by atoms with Crippen molar-refractivity contribution >= 4 is 39.5 Å². The second-order valence-corrected chi connectivity index (χ2v) is 32.4. The zero-order valence-corrected chi connectivity index (χ0v) is 67.7. The normalized spacial score (nSPS) is 13.8. The van der Waals surface area contributed by atoms with Crippen molar-refractivity contribution in [3.05, 3.63) is 0 Å². The van der Waals surface area contributed by atoms with E-state index in [1.807, 2.05) is 0 Å². The number of hydrogen-bond donors (Lipinski definition) is 3. The van der Waals surface area contributed by atoms with Crippen LogP contribution >= 0.6 is 15.6 Å². The van der Waals surface area contributed by atoms with Crippen LogP contribution in [0.25, 0.3) is 0 Å². The summed E-state index contributed by atoms with van der Waals surface area (Å²) in [6.07, 6.45) is 69.4. The Morgan fingerprint density at radius 1 is 0.238 bits per heavy atom. The molecule has 0 aromatic rings. The monoisotopic (exact) mass is 1480 g/mol. The number of hydrogen-bond acceptors (Lipinski definition) is 15. The molecule has 0 saturated heterocycles. The van der Waals surface area contributed by atoms with Crippen molar-refractivity contribution in [3.63, 3.8) is 0 Å². The molecule has 0 amide bonds. The maximum absolute atomic E-state index is 13.1. The Morgan fingerprint density at radius 2 is 0.396 bits per heavy atom. The molecule has 5 atom stereocenters. The van der Waals surface area contributed by atoms with Gasteiger partial charge >= 0.3 is 39.5 Å². The van der Waals surface area contributed by atoms with Crippen molar-refractivity contribution < 1.29 is 80.2 Å². The molecule has 0 spiro atoms. The summed E-state index contributed by atoms with van der Waals surface area (Å²) < 4.78 is 68.7. The second kappa shape index (κ2) is 76.3. The molecule has 0 aliphatic carbocycles. The summed E-state index contributed by atoms with van der Waals surface area (Å²) in [5, 5.41) is 10.6. The van der Waals surface area contributed by atoms with Gasteiger partial charge in [0.15, 0.2) is 12.2 Å². The molecule has 3 N–H and O–H groups in total. The third-order valence-electron chi connectivity index (χ3n) is 19.4. The van der Waals surface area contributed by atoms with Gasteiger partial charge in [-0.25, -0.2) is 9.13 Å². The number of ether oxygens (including phenoxy) is 4. The van der Waals surface area contributed by atoms with Crippen LogP contribution in [0.5, 0.6) is 0 Å². The summed E-state index contributed by atoms with van der Waals surface area (Å²) in [6, 6.07) is 0. The Morgan fingerprint density at radius 3 is 0.584 bits per heavy atom. The molecular formula is C82H160O17P2. The van der Waals surface area contributed by atoms with E-state index >= 15 is 0 Å². The average Bonchev–Trinajstić information content (AvgIpc) is 1.27. The van der Waals surface area contributed by atoms with Crippen LogP contribution in [0.2, 0.25) is 0 Å². The van der Waals surface area contributed by atoms with E-state index in [0.29, 0.717) is 25.7 Å². The lowest BCUT2D eigenvalue weighted by molar-refractivity contribution is -0.161. The number of phosphoric acid groups is 2. The van der Waals surface area contributed by atoms with Gasteiger partial charge in [0.2, 0.25) is 0 Å². The molecular weight excluding hydrogens is 1320 g/mol. The Labute approximate surface area is 619 Å². The first-order chi connectivity index (χ1) is 49.2. The smallest absolute Gasteiger partial charge is 0.462 e. The molecule has 0 aliphatic heterocycles. The largest absolute Gasteiger partial charge is 0.472 e. The fraction of sp³-hybridized carbons (Fsp3) is 0.951. The van der Waals surface area contributed by atoms with Gasteiger partial charge < -0.3 is 33.8 Å². The fourth-order valence-electron chi connectivity index (χ4n) is 12.8. The molecule has 600 valence electrons. The molecule has 0 aromatic heterocycles. The maximum atomic E-state index is 13.1. The van der Waals surface area contributed by atoms with Crippen molar-refractivity contribution in [2.24, 2.45) is 0 Å². The summed E-state index contributed by atoms with van der Waals surface area (Å²) in [5.41, 5.74) is 0. The van der Waals surface area contributed by atoms with E-state index in [-0.39, 0.29) is 25.7 Å². The molecule has 0 radical (unpaired) electrons. The van der Waals surface area contributed by atoms with Crippen LogP contribution in [-0.4, -0.2) is 96.7 Å². The lowest BCUT2D eigenvalue weighted by atomic mass is 10.0. The van der Waals surface area contributed by atoms with Gasteiger partial charge in [0.25, 0.3) is 0 Å². The highest BCUT2D eigenvalue weighted by Crippen LogP contribution is 2.45. The van der Waals surface area contributed by atoms with Crippen LogP contribution in [0.3, 0.4) is 0 Å². The first kappa shape index (κ1) is 99.1. The molecule has 0 saturated carbocycles. The van der Waals surface area contributed by atoms with Crippen LogP contribution in [0, 0.1) is 0 Å². The summed E-state index contributed by atoms with van der Waals surface area (Å²) in [6.45, 7) is 5.03. The van der Waals surface area contributed by atoms with E-state index in [0.717, 1.165) is 89.9 Å². The first-order valence-electron chi connectivity index (χ1n) is 42.8. The summed E-state index contributed by atoms with van der Waals surface area (Å²) in [4.78, 5) is 73.0. The molecule has 2 unspecified atom stereocenters. The molecule has 0 heterocycles. The topological polar surface area (TPSA) is 237 Å². The summed E-state index contributed by atoms with van der Waals surface area (Å²) in [7, 11) is -9.92. The Balaban J connectivity index is 5.21. The van der Waals surface area contributed by atoms with E-state index in [9.17, 15) is 43.2 Å². The molecule has 17 nitrogen and oxygen atoms in total. The van der Waals surface area contributed by atoms with Gasteiger partial charge in [0.05, 0.1) is 26.4 Å². The molecule has 0 fully saturated rings. The Kier molecular flexibility index (Phi) is 74.8. The lowest BCUT2D eigenvalue weighted by Crippen LogP contribution is -2.30. The van der Waals surface area contributed by atoms with Crippen LogP contribution in [-0.2, 0) is 65.4 Å². The molecule has 0 rings (SSSR count). The van der Waals surface area contributed by atoms with Gasteiger partial charge in [-0.2, -0.15) is 0 Å². The number of aliphatic hydroxyl groups is 1. The number of carbonyl (C=O) groups is 4. The van der Waals surface area contributed by atoms with E-state index < -0.39 is 97.5 Å².